The smallest absolute Gasteiger partial charge is 0.336 e. The van der Waals surface area contributed by atoms with E-state index in [2.05, 4.69) is 5.32 Å². The van der Waals surface area contributed by atoms with Gasteiger partial charge in [-0.2, -0.15) is 0 Å². The van der Waals surface area contributed by atoms with E-state index in [0.29, 0.717) is 0 Å². The average Bonchev–Trinajstić information content (AvgIpc) is 2.75. The predicted octanol–water partition coefficient (Wildman–Crippen LogP) is -4.85. The normalized spacial score (nSPS) is 41.2. The highest BCUT2D eigenvalue weighted by Gasteiger charge is 2.54. The minimum absolute atomic E-state index is 0.0214. The second-order valence-electron chi connectivity index (χ2n) is 8.55. The molecule has 11 atom stereocenters. The molecule has 0 radical (unpaired) electrons. The van der Waals surface area contributed by atoms with E-state index in [1.807, 2.05) is 0 Å². The van der Waals surface area contributed by atoms with Gasteiger partial charge in [-0.05, 0) is 19.3 Å². The van der Waals surface area contributed by atoms with Gasteiger partial charge < -0.3 is 60.7 Å². The Bertz CT molecular complexity index is 680. The first-order valence-electron chi connectivity index (χ1n) is 10.6. The summed E-state index contributed by atoms with van der Waals surface area (Å²) in [5.41, 5.74) is -2.08. The van der Waals surface area contributed by atoms with Crippen LogP contribution in [0.25, 0.3) is 0 Å². The van der Waals surface area contributed by atoms with E-state index in [1.165, 1.54) is 0 Å². The lowest BCUT2D eigenvalue weighted by Crippen LogP contribution is -2.67. The molecule has 192 valence electrons. The lowest BCUT2D eigenvalue weighted by molar-refractivity contribution is -0.283. The molecule has 10 N–H and O–H groups in total. The van der Waals surface area contributed by atoms with Gasteiger partial charge in [0.2, 0.25) is 5.91 Å². The number of carboxylic acids is 1. The highest BCUT2D eigenvalue weighted by atomic mass is 16.6. The number of carbonyl (C=O) groups is 2. The predicted molar refractivity (Wildman–Crippen MR) is 105 cm³/mol. The van der Waals surface area contributed by atoms with Crippen molar-refractivity contribution >= 4 is 11.9 Å². The van der Waals surface area contributed by atoms with Crippen LogP contribution in [-0.4, -0.2) is 131 Å². The monoisotopic (exact) mass is 483 g/mol. The molecule has 0 bridgehead atoms. The van der Waals surface area contributed by atoms with Gasteiger partial charge in [0.05, 0.1) is 24.9 Å². The van der Waals surface area contributed by atoms with Gasteiger partial charge in [-0.15, -0.1) is 0 Å². The highest BCUT2D eigenvalue weighted by Crippen LogP contribution is 2.37. The van der Waals surface area contributed by atoms with Gasteiger partial charge in [-0.25, -0.2) is 4.79 Å². The molecule has 33 heavy (non-hydrogen) atoms. The van der Waals surface area contributed by atoms with Crippen molar-refractivity contribution in [1.29, 1.82) is 0 Å². The zero-order chi connectivity index (χ0) is 25.1. The fourth-order valence-electron chi connectivity index (χ4n) is 4.25. The molecule has 2 rings (SSSR count). The van der Waals surface area contributed by atoms with Crippen LogP contribution in [0.15, 0.2) is 0 Å². The van der Waals surface area contributed by atoms with Crippen LogP contribution in [0.2, 0.25) is 0 Å². The third kappa shape index (κ3) is 6.16. The van der Waals surface area contributed by atoms with Gasteiger partial charge in [0.25, 0.3) is 0 Å². The van der Waals surface area contributed by atoms with Crippen molar-refractivity contribution in [3.05, 3.63) is 0 Å². The van der Waals surface area contributed by atoms with Crippen LogP contribution in [0.5, 0.6) is 0 Å². The Hall–Kier alpha value is -1.46. The lowest BCUT2D eigenvalue weighted by atomic mass is 9.80. The number of carboxylic acid groups (broad SMARTS) is 1. The molecule has 2 fully saturated rings. The maximum atomic E-state index is 12.1. The first-order valence-corrected chi connectivity index (χ1v) is 10.6. The standard InChI is InChI=1S/C19H33NO13/c1-7(22)20-11-8(23)5-19(18(30)31,33-16(11)12(25)9(24)6-21)4-2-3-10-13(26)14(27)15(28)17(29)32-10/h8-17,21,23-29H,2-6H2,1H3,(H,20,22)(H,30,31)/t8-,9+,10+,11+,12+,13-,14-,15+,16+,17-,19+/m0/s1. The number of aliphatic hydroxyl groups is 8. The van der Waals surface area contributed by atoms with Crippen LogP contribution in [0.3, 0.4) is 0 Å². The van der Waals surface area contributed by atoms with Crippen LogP contribution in [0.4, 0.5) is 0 Å². The van der Waals surface area contributed by atoms with Gasteiger partial charge in [0.1, 0.15) is 36.6 Å². The molecular weight excluding hydrogens is 450 g/mol. The van der Waals surface area contributed by atoms with Crippen molar-refractivity contribution in [3.8, 4) is 0 Å². The lowest BCUT2D eigenvalue weighted by Gasteiger charge is -2.47. The number of rotatable bonds is 9. The second kappa shape index (κ2) is 11.3. The molecule has 0 aromatic rings. The summed E-state index contributed by atoms with van der Waals surface area (Å²) < 4.78 is 10.7. The number of carbonyl (C=O) groups excluding carboxylic acids is 1. The zero-order valence-corrected chi connectivity index (χ0v) is 18.0. The first kappa shape index (κ1) is 27.8. The largest absolute Gasteiger partial charge is 0.479 e. The van der Waals surface area contributed by atoms with Gasteiger partial charge in [-0.3, -0.25) is 4.79 Å². The maximum Gasteiger partial charge on any atom is 0.336 e. The van der Waals surface area contributed by atoms with E-state index in [-0.39, 0.29) is 19.3 Å². The minimum atomic E-state index is -2.08. The number of ether oxygens (including phenoxy) is 2. The van der Waals surface area contributed by atoms with E-state index < -0.39 is 91.7 Å². The van der Waals surface area contributed by atoms with Crippen molar-refractivity contribution in [2.24, 2.45) is 0 Å². The SMILES string of the molecule is CC(=O)N[C@H]1[C@H]([C@H](O)[C@H](O)CO)O[C@@](CCC[C@H]2O[C@H](O)[C@H](O)[C@@H](O)[C@H]2O)(C(=O)O)C[C@@H]1O. The quantitative estimate of drug-likeness (QED) is 0.148. The molecule has 2 aliphatic heterocycles. The van der Waals surface area contributed by atoms with Gasteiger partial charge in [0.15, 0.2) is 11.9 Å². The van der Waals surface area contributed by atoms with Crippen LogP contribution in [-0.2, 0) is 19.1 Å². The molecule has 0 saturated carbocycles. The number of aliphatic carboxylic acids is 1. The molecule has 14 heteroatoms. The Kier molecular flexibility index (Phi) is 9.52. The molecule has 1 amide bonds. The summed E-state index contributed by atoms with van der Waals surface area (Å²) in [7, 11) is 0. The molecule has 2 aliphatic rings. The minimum Gasteiger partial charge on any atom is -0.479 e. The summed E-state index contributed by atoms with van der Waals surface area (Å²) >= 11 is 0. The third-order valence-corrected chi connectivity index (χ3v) is 6.10. The highest BCUT2D eigenvalue weighted by molar-refractivity contribution is 5.78. The molecule has 0 aliphatic carbocycles. The van der Waals surface area contributed by atoms with Crippen molar-refractivity contribution in [3.63, 3.8) is 0 Å². The van der Waals surface area contributed by atoms with Crippen molar-refractivity contribution in [2.75, 3.05) is 6.61 Å². The molecule has 0 aromatic heterocycles. The van der Waals surface area contributed by atoms with Crippen molar-refractivity contribution in [2.45, 2.75) is 99.4 Å². The zero-order valence-electron chi connectivity index (χ0n) is 18.0. The second-order valence-corrected chi connectivity index (χ2v) is 8.55. The molecular formula is C19H33NO13. The molecule has 0 unspecified atom stereocenters. The van der Waals surface area contributed by atoms with Crippen molar-refractivity contribution < 1.29 is 65.0 Å². The van der Waals surface area contributed by atoms with E-state index >= 15 is 0 Å². The molecule has 14 nitrogen and oxygen atoms in total. The number of nitrogens with one attached hydrogen (secondary N) is 1. The molecule has 0 aromatic carbocycles. The van der Waals surface area contributed by atoms with Crippen LogP contribution < -0.4 is 5.32 Å². The fraction of sp³-hybridized carbons (Fsp3) is 0.895. The topological polar surface area (TPSA) is 247 Å². The molecule has 0 spiro atoms. The Morgan fingerprint density at radius 1 is 1.09 bits per heavy atom. The number of amides is 1. The summed E-state index contributed by atoms with van der Waals surface area (Å²) in [4.78, 5) is 23.7. The van der Waals surface area contributed by atoms with E-state index in [0.717, 1.165) is 6.92 Å². The van der Waals surface area contributed by atoms with Gasteiger partial charge in [-0.1, -0.05) is 0 Å². The molecule has 2 heterocycles. The maximum absolute atomic E-state index is 12.1. The summed E-state index contributed by atoms with van der Waals surface area (Å²) in [6.45, 7) is 0.240. The number of aliphatic hydroxyl groups excluding tert-OH is 8. The number of hydrogen-bond donors (Lipinski definition) is 10. The summed E-state index contributed by atoms with van der Waals surface area (Å²) in [6, 6.07) is -1.28. The van der Waals surface area contributed by atoms with Crippen LogP contribution >= 0.6 is 0 Å². The van der Waals surface area contributed by atoms with Gasteiger partial charge >= 0.3 is 5.97 Å². The summed E-state index contributed by atoms with van der Waals surface area (Å²) in [5.74, 6) is -2.11. The molecule has 2 saturated heterocycles. The van der Waals surface area contributed by atoms with Crippen LogP contribution in [0.1, 0.15) is 32.6 Å². The Labute approximate surface area is 189 Å². The van der Waals surface area contributed by atoms with E-state index in [4.69, 9.17) is 14.6 Å². The summed E-state index contributed by atoms with van der Waals surface area (Å²) in [6.07, 6.45) is -15.4. The van der Waals surface area contributed by atoms with Crippen molar-refractivity contribution in [1.82, 2.24) is 5.32 Å². The number of hydrogen-bond acceptors (Lipinski definition) is 12. The van der Waals surface area contributed by atoms with Crippen LogP contribution in [0, 0.1) is 0 Å². The Morgan fingerprint density at radius 3 is 2.27 bits per heavy atom. The van der Waals surface area contributed by atoms with Gasteiger partial charge in [0, 0.05) is 13.3 Å². The van der Waals surface area contributed by atoms with E-state index in [1.54, 1.807) is 0 Å². The third-order valence-electron chi connectivity index (χ3n) is 6.10. The Balaban J connectivity index is 2.18. The van der Waals surface area contributed by atoms with E-state index in [9.17, 15) is 50.4 Å². The Morgan fingerprint density at radius 2 is 1.73 bits per heavy atom. The average molecular weight is 483 g/mol. The fourth-order valence-corrected chi connectivity index (χ4v) is 4.25. The first-order chi connectivity index (χ1) is 15.3. The summed E-state index contributed by atoms with van der Waals surface area (Å²) in [5, 5.41) is 91.2.